The van der Waals surface area contributed by atoms with Crippen molar-refractivity contribution in [3.8, 4) is 0 Å². The van der Waals surface area contributed by atoms with Crippen molar-refractivity contribution in [2.75, 3.05) is 6.54 Å². The maximum Gasteiger partial charge on any atom is 0.405 e. The summed E-state index contributed by atoms with van der Waals surface area (Å²) in [5.74, 6) is -1.29. The third kappa shape index (κ3) is 6.58. The molecule has 0 saturated heterocycles. The van der Waals surface area contributed by atoms with Crippen LogP contribution in [0, 0.1) is 0 Å². The smallest absolute Gasteiger partial charge is 0.405 e. The van der Waals surface area contributed by atoms with Crippen LogP contribution < -0.4 is 10.6 Å². The van der Waals surface area contributed by atoms with Crippen molar-refractivity contribution in [3.63, 3.8) is 0 Å². The Morgan fingerprint density at radius 2 is 1.93 bits per heavy atom. The minimum atomic E-state index is -4.51. The van der Waals surface area contributed by atoms with Crippen LogP contribution >= 0.6 is 0 Å². The van der Waals surface area contributed by atoms with Crippen LogP contribution in [0.15, 0.2) is 0 Å². The van der Waals surface area contributed by atoms with Crippen LogP contribution in [0.25, 0.3) is 0 Å². The summed E-state index contributed by atoms with van der Waals surface area (Å²) in [6, 6.07) is -2.33. The number of carbonyl (C=O) groups is 2. The summed E-state index contributed by atoms with van der Waals surface area (Å²) in [7, 11) is 0. The van der Waals surface area contributed by atoms with Gasteiger partial charge in [0, 0.05) is 0 Å². The van der Waals surface area contributed by atoms with E-state index in [0.29, 0.717) is 0 Å². The number of carboxylic acids is 1. The zero-order chi connectivity index (χ0) is 12.1. The molecule has 0 aromatic rings. The molecule has 0 aromatic heterocycles. The molecule has 5 nitrogen and oxygen atoms in total. The largest absolute Gasteiger partial charge is 0.480 e. The average Bonchev–Trinajstić information content (AvgIpc) is 2.09. The van der Waals surface area contributed by atoms with E-state index in [2.05, 4.69) is 0 Å². The zero-order valence-electron chi connectivity index (χ0n) is 7.89. The van der Waals surface area contributed by atoms with E-state index in [9.17, 15) is 22.8 Å². The molecule has 3 N–H and O–H groups in total. The van der Waals surface area contributed by atoms with Gasteiger partial charge in [0.05, 0.1) is 0 Å². The summed E-state index contributed by atoms with van der Waals surface area (Å²) in [6.07, 6.45) is -4.42. The van der Waals surface area contributed by atoms with E-state index < -0.39 is 30.8 Å². The van der Waals surface area contributed by atoms with Crippen LogP contribution in [0.5, 0.6) is 0 Å². The summed E-state index contributed by atoms with van der Waals surface area (Å²) < 4.78 is 34.9. The Balaban J connectivity index is 3.98. The van der Waals surface area contributed by atoms with Gasteiger partial charge in [-0.2, -0.15) is 13.2 Å². The number of alkyl halides is 3. The molecule has 0 rings (SSSR count). The first kappa shape index (κ1) is 13.5. The van der Waals surface area contributed by atoms with Crippen molar-refractivity contribution >= 4 is 12.0 Å². The second-order valence-electron chi connectivity index (χ2n) is 2.74. The Kier molecular flexibility index (Phi) is 4.89. The Hall–Kier alpha value is -1.47. The molecule has 0 bridgehead atoms. The highest BCUT2D eigenvalue weighted by Gasteiger charge is 2.28. The lowest BCUT2D eigenvalue weighted by Gasteiger charge is -2.13. The Morgan fingerprint density at radius 1 is 1.40 bits per heavy atom. The SMILES string of the molecule is CC[C@@H](NC(=O)NCC(F)(F)F)C(=O)O. The summed E-state index contributed by atoms with van der Waals surface area (Å²) in [5, 5.41) is 11.9. The molecule has 0 aromatic carbocycles. The van der Waals surface area contributed by atoms with Gasteiger partial charge in [-0.1, -0.05) is 6.92 Å². The number of carboxylic acid groups (broad SMARTS) is 1. The highest BCUT2D eigenvalue weighted by Crippen LogP contribution is 2.11. The van der Waals surface area contributed by atoms with Crippen molar-refractivity contribution in [2.45, 2.75) is 25.6 Å². The summed E-state index contributed by atoms with van der Waals surface area (Å²) >= 11 is 0. The van der Waals surface area contributed by atoms with Crippen molar-refractivity contribution in [1.29, 1.82) is 0 Å². The molecule has 15 heavy (non-hydrogen) atoms. The lowest BCUT2D eigenvalue weighted by Crippen LogP contribution is -2.47. The van der Waals surface area contributed by atoms with E-state index in [-0.39, 0.29) is 6.42 Å². The van der Waals surface area contributed by atoms with E-state index >= 15 is 0 Å². The predicted molar refractivity (Wildman–Crippen MR) is 44.3 cm³/mol. The van der Waals surface area contributed by atoms with Crippen LogP contribution in [0.2, 0.25) is 0 Å². The first-order valence-electron chi connectivity index (χ1n) is 4.10. The topological polar surface area (TPSA) is 78.4 Å². The summed E-state index contributed by atoms with van der Waals surface area (Å²) in [5.41, 5.74) is 0. The quantitative estimate of drug-likeness (QED) is 0.663. The fourth-order valence-corrected chi connectivity index (χ4v) is 0.728. The second kappa shape index (κ2) is 5.42. The predicted octanol–water partition coefficient (Wildman–Crippen LogP) is 0.711. The lowest BCUT2D eigenvalue weighted by atomic mass is 10.2. The molecular formula is C7H11F3N2O3. The molecule has 1 atom stereocenters. The molecule has 0 radical (unpaired) electrons. The van der Waals surface area contributed by atoms with Gasteiger partial charge in [-0.05, 0) is 6.42 Å². The van der Waals surface area contributed by atoms with Crippen molar-refractivity contribution in [2.24, 2.45) is 0 Å². The van der Waals surface area contributed by atoms with Gasteiger partial charge in [0.1, 0.15) is 12.6 Å². The standard InChI is InChI=1S/C7H11F3N2O3/c1-2-4(5(13)14)12-6(15)11-3-7(8,9)10/h4H,2-3H2,1H3,(H,13,14)(H2,11,12,15)/t4-/m1/s1. The average molecular weight is 228 g/mol. The van der Waals surface area contributed by atoms with E-state index in [1.54, 1.807) is 0 Å². The fourth-order valence-electron chi connectivity index (χ4n) is 0.728. The van der Waals surface area contributed by atoms with Gasteiger partial charge in [-0.15, -0.1) is 0 Å². The number of aliphatic carboxylic acids is 1. The van der Waals surface area contributed by atoms with Gasteiger partial charge in [0.25, 0.3) is 0 Å². The minimum absolute atomic E-state index is 0.0920. The number of nitrogens with one attached hydrogen (secondary N) is 2. The number of amides is 2. The second-order valence-corrected chi connectivity index (χ2v) is 2.74. The number of halogens is 3. The minimum Gasteiger partial charge on any atom is -0.480 e. The molecule has 88 valence electrons. The molecule has 0 aliphatic rings. The Morgan fingerprint density at radius 3 is 2.27 bits per heavy atom. The molecule has 0 spiro atoms. The first-order chi connectivity index (χ1) is 6.76. The van der Waals surface area contributed by atoms with Gasteiger partial charge in [0.15, 0.2) is 0 Å². The van der Waals surface area contributed by atoms with Crippen molar-refractivity contribution < 1.29 is 27.9 Å². The van der Waals surface area contributed by atoms with Crippen molar-refractivity contribution in [3.05, 3.63) is 0 Å². The molecule has 0 saturated carbocycles. The maximum atomic E-state index is 11.6. The highest BCUT2D eigenvalue weighted by molar-refractivity contribution is 5.82. The number of hydrogen-bond acceptors (Lipinski definition) is 2. The van der Waals surface area contributed by atoms with Crippen LogP contribution in [0.4, 0.5) is 18.0 Å². The van der Waals surface area contributed by atoms with Crippen LogP contribution in [-0.4, -0.2) is 35.9 Å². The molecular weight excluding hydrogens is 217 g/mol. The first-order valence-corrected chi connectivity index (χ1v) is 4.10. The summed E-state index contributed by atoms with van der Waals surface area (Å²) in [6.45, 7) is -0.00227. The van der Waals surface area contributed by atoms with E-state index in [4.69, 9.17) is 5.11 Å². The number of carbonyl (C=O) groups excluding carboxylic acids is 1. The highest BCUT2D eigenvalue weighted by atomic mass is 19.4. The van der Waals surface area contributed by atoms with Gasteiger partial charge in [0.2, 0.25) is 0 Å². The Bertz CT molecular complexity index is 242. The van der Waals surface area contributed by atoms with Crippen molar-refractivity contribution in [1.82, 2.24) is 10.6 Å². The lowest BCUT2D eigenvalue weighted by molar-refractivity contribution is -0.139. The summed E-state index contributed by atoms with van der Waals surface area (Å²) in [4.78, 5) is 21.2. The van der Waals surface area contributed by atoms with Crippen LogP contribution in [0.3, 0.4) is 0 Å². The fraction of sp³-hybridized carbons (Fsp3) is 0.714. The number of urea groups is 1. The molecule has 0 unspecified atom stereocenters. The molecule has 0 heterocycles. The number of rotatable bonds is 4. The Labute approximate surface area is 83.6 Å². The van der Waals surface area contributed by atoms with Crippen LogP contribution in [-0.2, 0) is 4.79 Å². The van der Waals surface area contributed by atoms with Gasteiger partial charge >= 0.3 is 18.2 Å². The monoisotopic (exact) mass is 228 g/mol. The third-order valence-corrected chi connectivity index (χ3v) is 1.46. The molecule has 0 fully saturated rings. The zero-order valence-corrected chi connectivity index (χ0v) is 7.89. The third-order valence-electron chi connectivity index (χ3n) is 1.46. The maximum absolute atomic E-state index is 11.6. The number of hydrogen-bond donors (Lipinski definition) is 3. The molecule has 8 heteroatoms. The van der Waals surface area contributed by atoms with E-state index in [1.807, 2.05) is 5.32 Å². The molecule has 0 aliphatic carbocycles. The van der Waals surface area contributed by atoms with Crippen LogP contribution in [0.1, 0.15) is 13.3 Å². The van der Waals surface area contributed by atoms with Gasteiger partial charge in [-0.25, -0.2) is 9.59 Å². The van der Waals surface area contributed by atoms with Gasteiger partial charge in [-0.3, -0.25) is 0 Å². The van der Waals surface area contributed by atoms with E-state index in [1.165, 1.54) is 12.2 Å². The van der Waals surface area contributed by atoms with E-state index in [0.717, 1.165) is 0 Å². The van der Waals surface area contributed by atoms with Gasteiger partial charge < -0.3 is 15.7 Å². The molecule has 2 amide bonds. The normalized spacial score (nSPS) is 13.1. The molecule has 0 aliphatic heterocycles.